The second-order valence-electron chi connectivity index (χ2n) is 5.60. The van der Waals surface area contributed by atoms with Crippen molar-refractivity contribution >= 4 is 5.82 Å². The number of nitrogens with one attached hydrogen (secondary N) is 1. The minimum absolute atomic E-state index is 0.765. The van der Waals surface area contributed by atoms with Gasteiger partial charge in [0.15, 0.2) is 0 Å². The largest absolute Gasteiger partial charge is 0.355 e. The van der Waals surface area contributed by atoms with Gasteiger partial charge in [-0.2, -0.15) is 0 Å². The molecule has 1 atom stereocenters. The maximum absolute atomic E-state index is 4.49. The van der Waals surface area contributed by atoms with Crippen LogP contribution in [0.5, 0.6) is 0 Å². The van der Waals surface area contributed by atoms with E-state index in [1.807, 2.05) is 6.92 Å². The molecule has 2 aliphatic rings. The Bertz CT molecular complexity index is 403. The molecule has 1 aliphatic carbocycles. The van der Waals surface area contributed by atoms with Gasteiger partial charge in [-0.1, -0.05) is 0 Å². The summed E-state index contributed by atoms with van der Waals surface area (Å²) in [6, 6.07) is 0.818. The van der Waals surface area contributed by atoms with E-state index < -0.39 is 0 Å². The van der Waals surface area contributed by atoms with E-state index in [-0.39, 0.29) is 0 Å². The lowest BCUT2D eigenvalue weighted by atomic mass is 9.98. The van der Waals surface area contributed by atoms with Crippen LogP contribution in [0.1, 0.15) is 31.4 Å². The number of hydrogen-bond acceptors (Lipinski definition) is 4. The van der Waals surface area contributed by atoms with E-state index in [4.69, 9.17) is 0 Å². The maximum atomic E-state index is 4.49. The Hall–Kier alpha value is -1.16. The molecule has 2 fully saturated rings. The zero-order valence-corrected chi connectivity index (χ0v) is 11.1. The van der Waals surface area contributed by atoms with Gasteiger partial charge in [-0.3, -0.25) is 4.98 Å². The average molecular weight is 246 g/mol. The summed E-state index contributed by atoms with van der Waals surface area (Å²) in [6.45, 7) is 5.47. The normalized spacial score (nSPS) is 24.3. The van der Waals surface area contributed by atoms with Crippen molar-refractivity contribution in [3.05, 3.63) is 18.1 Å². The number of aryl methyl sites for hydroxylation is 1. The van der Waals surface area contributed by atoms with Crippen LogP contribution in [0.3, 0.4) is 0 Å². The average Bonchev–Trinajstić information content (AvgIpc) is 3.21. The van der Waals surface area contributed by atoms with E-state index in [0.717, 1.165) is 36.6 Å². The van der Waals surface area contributed by atoms with Crippen molar-refractivity contribution in [1.29, 1.82) is 0 Å². The molecule has 1 saturated heterocycles. The Morgan fingerprint density at radius 3 is 2.89 bits per heavy atom. The summed E-state index contributed by atoms with van der Waals surface area (Å²) < 4.78 is 0. The van der Waals surface area contributed by atoms with E-state index in [9.17, 15) is 0 Å². The molecular formula is C14H22N4. The number of piperidine rings is 1. The minimum Gasteiger partial charge on any atom is -0.355 e. The molecule has 98 valence electrons. The standard InChI is InChI=1S/C14H22N4/c1-11-14(16-7-6-15-11)18-8-2-3-12(10-18)9-17-13-4-5-13/h6-7,12-13,17H,2-5,8-10H2,1H3. The van der Waals surface area contributed by atoms with Gasteiger partial charge >= 0.3 is 0 Å². The highest BCUT2D eigenvalue weighted by Gasteiger charge is 2.25. The van der Waals surface area contributed by atoms with Crippen molar-refractivity contribution in [2.75, 3.05) is 24.5 Å². The van der Waals surface area contributed by atoms with Crippen LogP contribution in [0.25, 0.3) is 0 Å². The zero-order chi connectivity index (χ0) is 12.4. The van der Waals surface area contributed by atoms with E-state index >= 15 is 0 Å². The molecule has 1 aromatic heterocycles. The molecule has 0 spiro atoms. The minimum atomic E-state index is 0.765. The number of hydrogen-bond donors (Lipinski definition) is 1. The summed E-state index contributed by atoms with van der Waals surface area (Å²) in [7, 11) is 0. The van der Waals surface area contributed by atoms with Gasteiger partial charge in [0, 0.05) is 31.5 Å². The van der Waals surface area contributed by atoms with Crippen LogP contribution in [-0.4, -0.2) is 35.6 Å². The topological polar surface area (TPSA) is 41.1 Å². The molecule has 18 heavy (non-hydrogen) atoms. The fourth-order valence-corrected chi connectivity index (χ4v) is 2.76. The highest BCUT2D eigenvalue weighted by Crippen LogP contribution is 2.24. The van der Waals surface area contributed by atoms with Crippen LogP contribution in [0.4, 0.5) is 5.82 Å². The lowest BCUT2D eigenvalue weighted by molar-refractivity contribution is 0.389. The van der Waals surface area contributed by atoms with Crippen LogP contribution in [-0.2, 0) is 0 Å². The van der Waals surface area contributed by atoms with Gasteiger partial charge < -0.3 is 10.2 Å². The van der Waals surface area contributed by atoms with Crippen molar-refractivity contribution < 1.29 is 0 Å². The van der Waals surface area contributed by atoms with Gasteiger partial charge in [-0.15, -0.1) is 0 Å². The van der Waals surface area contributed by atoms with E-state index in [2.05, 4.69) is 20.2 Å². The van der Waals surface area contributed by atoms with Crippen LogP contribution >= 0.6 is 0 Å². The van der Waals surface area contributed by atoms with Crippen molar-refractivity contribution in [2.45, 2.75) is 38.6 Å². The number of anilines is 1. The number of rotatable bonds is 4. The molecule has 0 bridgehead atoms. The van der Waals surface area contributed by atoms with E-state index in [1.54, 1.807) is 12.4 Å². The summed E-state index contributed by atoms with van der Waals surface area (Å²) in [5.41, 5.74) is 1.05. The first kappa shape index (κ1) is 11.9. The van der Waals surface area contributed by atoms with Gasteiger partial charge in [-0.05, 0) is 45.1 Å². The van der Waals surface area contributed by atoms with Crippen molar-refractivity contribution in [2.24, 2.45) is 5.92 Å². The molecule has 1 aromatic rings. The second-order valence-corrected chi connectivity index (χ2v) is 5.60. The molecule has 1 unspecified atom stereocenters. The quantitative estimate of drug-likeness (QED) is 0.879. The van der Waals surface area contributed by atoms with E-state index in [0.29, 0.717) is 0 Å². The van der Waals surface area contributed by atoms with Crippen molar-refractivity contribution in [1.82, 2.24) is 15.3 Å². The first-order valence-electron chi connectivity index (χ1n) is 7.09. The smallest absolute Gasteiger partial charge is 0.150 e. The van der Waals surface area contributed by atoms with Gasteiger partial charge in [0.25, 0.3) is 0 Å². The molecule has 4 nitrogen and oxygen atoms in total. The fraction of sp³-hybridized carbons (Fsp3) is 0.714. The molecule has 0 radical (unpaired) electrons. The third kappa shape index (κ3) is 2.80. The molecule has 0 amide bonds. The first-order valence-corrected chi connectivity index (χ1v) is 7.09. The lowest BCUT2D eigenvalue weighted by Crippen LogP contribution is -2.40. The summed E-state index contributed by atoms with van der Waals surface area (Å²) in [4.78, 5) is 11.2. The van der Waals surface area contributed by atoms with E-state index in [1.165, 1.54) is 32.2 Å². The molecular weight excluding hydrogens is 224 g/mol. The van der Waals surface area contributed by atoms with Crippen molar-refractivity contribution in [3.63, 3.8) is 0 Å². The molecule has 4 heteroatoms. The highest BCUT2D eigenvalue weighted by molar-refractivity contribution is 5.42. The number of aromatic nitrogens is 2. The van der Waals surface area contributed by atoms with Crippen molar-refractivity contribution in [3.8, 4) is 0 Å². The molecule has 2 heterocycles. The predicted molar refractivity (Wildman–Crippen MR) is 72.7 cm³/mol. The van der Waals surface area contributed by atoms with Crippen LogP contribution in [0, 0.1) is 12.8 Å². The van der Waals surface area contributed by atoms with Crippen LogP contribution in [0.15, 0.2) is 12.4 Å². The SMILES string of the molecule is Cc1nccnc1N1CCCC(CNC2CC2)C1. The molecule has 1 saturated carbocycles. The third-order valence-electron chi connectivity index (χ3n) is 3.95. The lowest BCUT2D eigenvalue weighted by Gasteiger charge is -2.34. The fourth-order valence-electron chi connectivity index (χ4n) is 2.76. The van der Waals surface area contributed by atoms with Gasteiger partial charge in [-0.25, -0.2) is 4.98 Å². The van der Waals surface area contributed by atoms with Crippen LogP contribution < -0.4 is 10.2 Å². The molecule has 1 N–H and O–H groups in total. The van der Waals surface area contributed by atoms with Gasteiger partial charge in [0.05, 0.1) is 5.69 Å². The second kappa shape index (κ2) is 5.22. The Morgan fingerprint density at radius 1 is 1.28 bits per heavy atom. The maximum Gasteiger partial charge on any atom is 0.150 e. The summed E-state index contributed by atoms with van der Waals surface area (Å²) >= 11 is 0. The molecule has 0 aromatic carbocycles. The highest BCUT2D eigenvalue weighted by atomic mass is 15.2. The Morgan fingerprint density at radius 2 is 2.11 bits per heavy atom. The monoisotopic (exact) mass is 246 g/mol. The Labute approximate surface area is 109 Å². The Balaban J connectivity index is 1.60. The summed E-state index contributed by atoms with van der Waals surface area (Å²) in [5, 5.41) is 3.65. The van der Waals surface area contributed by atoms with Crippen LogP contribution in [0.2, 0.25) is 0 Å². The first-order chi connectivity index (χ1) is 8.83. The summed E-state index contributed by atoms with van der Waals surface area (Å²) in [5.74, 6) is 1.84. The molecule has 3 rings (SSSR count). The predicted octanol–water partition coefficient (Wildman–Crippen LogP) is 1.75. The summed E-state index contributed by atoms with van der Waals surface area (Å²) in [6.07, 6.45) is 8.94. The third-order valence-corrected chi connectivity index (χ3v) is 3.95. The number of nitrogens with zero attached hydrogens (tertiary/aromatic N) is 3. The Kier molecular flexibility index (Phi) is 3.46. The zero-order valence-electron chi connectivity index (χ0n) is 11.1. The molecule has 1 aliphatic heterocycles. The van der Waals surface area contributed by atoms with Gasteiger partial charge in [0.2, 0.25) is 0 Å². The van der Waals surface area contributed by atoms with Gasteiger partial charge in [0.1, 0.15) is 5.82 Å².